The maximum absolute atomic E-state index is 5.97. The summed E-state index contributed by atoms with van der Waals surface area (Å²) < 4.78 is 5.48. The summed E-state index contributed by atoms with van der Waals surface area (Å²) in [7, 11) is 0. The molecule has 4 rings (SSSR count). The van der Waals surface area contributed by atoms with E-state index in [2.05, 4.69) is 15.2 Å². The molecule has 3 N–H and O–H groups in total. The largest absolute Gasteiger partial charge is 0.384 e. The zero-order valence-corrected chi connectivity index (χ0v) is 12.6. The van der Waals surface area contributed by atoms with E-state index in [1.807, 2.05) is 30.3 Å². The maximum Gasteiger partial charge on any atom is 0.126 e. The summed E-state index contributed by atoms with van der Waals surface area (Å²) in [4.78, 5) is 9.19. The molecule has 1 aliphatic rings. The van der Waals surface area contributed by atoms with Crippen molar-refractivity contribution in [3.05, 3.63) is 36.5 Å². The highest BCUT2D eigenvalue weighted by Gasteiger charge is 2.10. The molecular weight excluding hydrogens is 290 g/mol. The van der Waals surface area contributed by atoms with Crippen LogP contribution >= 0.6 is 0 Å². The monoisotopic (exact) mass is 307 g/mol. The topological polar surface area (TPSA) is 89.2 Å². The predicted molar refractivity (Wildman–Crippen MR) is 90.9 cm³/mol. The van der Waals surface area contributed by atoms with Crippen molar-refractivity contribution < 1.29 is 4.74 Å². The van der Waals surface area contributed by atoms with E-state index < -0.39 is 0 Å². The molecule has 0 unspecified atom stereocenters. The molecule has 3 heterocycles. The van der Waals surface area contributed by atoms with Crippen LogP contribution in [0.4, 0.5) is 11.5 Å². The Morgan fingerprint density at radius 3 is 2.96 bits per heavy atom. The summed E-state index contributed by atoms with van der Waals surface area (Å²) in [6.07, 6.45) is 3.71. The van der Waals surface area contributed by atoms with E-state index in [-0.39, 0.29) is 0 Å². The molecule has 1 fully saturated rings. The highest BCUT2D eigenvalue weighted by Crippen LogP contribution is 2.30. The lowest BCUT2D eigenvalue weighted by atomic mass is 10.1. The van der Waals surface area contributed by atoms with Gasteiger partial charge in [-0.1, -0.05) is 6.07 Å². The SMILES string of the molecule is Nc1cc(N=C2CCCOC2)c2ccc(-c3ccn[nH]3)cc2n1. The number of nitrogens with two attached hydrogens (primary N) is 1. The summed E-state index contributed by atoms with van der Waals surface area (Å²) in [5.74, 6) is 0.468. The highest BCUT2D eigenvalue weighted by atomic mass is 16.5. The number of fused-ring (bicyclic) bond motifs is 1. The number of aromatic amines is 1. The second-order valence-electron chi connectivity index (χ2n) is 5.60. The fourth-order valence-electron chi connectivity index (χ4n) is 2.81. The first-order chi connectivity index (χ1) is 11.3. The van der Waals surface area contributed by atoms with Crippen LogP contribution in [0, 0.1) is 0 Å². The minimum Gasteiger partial charge on any atom is -0.384 e. The fraction of sp³-hybridized carbons (Fsp3) is 0.235. The average Bonchev–Trinajstić information content (AvgIpc) is 3.09. The summed E-state index contributed by atoms with van der Waals surface area (Å²) in [6, 6.07) is 9.81. The quantitative estimate of drug-likeness (QED) is 0.761. The van der Waals surface area contributed by atoms with E-state index in [0.717, 1.165) is 53.0 Å². The van der Waals surface area contributed by atoms with Gasteiger partial charge in [0.2, 0.25) is 0 Å². The van der Waals surface area contributed by atoms with Gasteiger partial charge in [0, 0.05) is 35.5 Å². The average molecular weight is 307 g/mol. The molecule has 0 bridgehead atoms. The Balaban J connectivity index is 1.82. The minimum absolute atomic E-state index is 0.468. The second-order valence-corrected chi connectivity index (χ2v) is 5.60. The van der Waals surface area contributed by atoms with E-state index >= 15 is 0 Å². The van der Waals surface area contributed by atoms with Gasteiger partial charge in [-0.15, -0.1) is 0 Å². The first kappa shape index (κ1) is 13.9. The number of benzene rings is 1. The van der Waals surface area contributed by atoms with Gasteiger partial charge in [-0.25, -0.2) is 4.98 Å². The van der Waals surface area contributed by atoms with E-state index in [4.69, 9.17) is 15.5 Å². The van der Waals surface area contributed by atoms with Crippen molar-refractivity contribution >= 4 is 28.1 Å². The Morgan fingerprint density at radius 1 is 1.22 bits per heavy atom. The van der Waals surface area contributed by atoms with E-state index in [1.54, 1.807) is 6.20 Å². The van der Waals surface area contributed by atoms with Crippen molar-refractivity contribution in [2.45, 2.75) is 12.8 Å². The lowest BCUT2D eigenvalue weighted by molar-refractivity contribution is 0.154. The number of nitrogens with zero attached hydrogens (tertiary/aromatic N) is 3. The van der Waals surface area contributed by atoms with Gasteiger partial charge in [0.15, 0.2) is 0 Å². The van der Waals surface area contributed by atoms with Crippen LogP contribution in [0.25, 0.3) is 22.2 Å². The number of hydrogen-bond acceptors (Lipinski definition) is 5. The molecule has 0 radical (unpaired) electrons. The van der Waals surface area contributed by atoms with Gasteiger partial charge >= 0.3 is 0 Å². The van der Waals surface area contributed by atoms with E-state index in [1.165, 1.54) is 0 Å². The molecule has 1 aliphatic heterocycles. The Kier molecular flexibility index (Phi) is 3.51. The van der Waals surface area contributed by atoms with Gasteiger partial charge in [0.05, 0.1) is 23.5 Å². The molecule has 0 spiro atoms. The number of anilines is 1. The van der Waals surface area contributed by atoms with Crippen molar-refractivity contribution in [1.82, 2.24) is 15.2 Å². The molecule has 6 heteroatoms. The predicted octanol–water partition coefficient (Wildman–Crippen LogP) is 3.09. The lowest BCUT2D eigenvalue weighted by Gasteiger charge is -2.14. The van der Waals surface area contributed by atoms with Crippen LogP contribution in [0.2, 0.25) is 0 Å². The number of nitrogen functional groups attached to an aromatic ring is 1. The van der Waals surface area contributed by atoms with Crippen LogP contribution in [-0.4, -0.2) is 34.1 Å². The van der Waals surface area contributed by atoms with Crippen molar-refractivity contribution in [3.63, 3.8) is 0 Å². The lowest BCUT2D eigenvalue weighted by Crippen LogP contribution is -2.16. The number of aliphatic imine (C=N–C) groups is 1. The van der Waals surface area contributed by atoms with Crippen LogP contribution in [0.1, 0.15) is 12.8 Å². The van der Waals surface area contributed by atoms with Crippen molar-refractivity contribution in [2.75, 3.05) is 18.9 Å². The van der Waals surface area contributed by atoms with Crippen molar-refractivity contribution in [2.24, 2.45) is 4.99 Å². The van der Waals surface area contributed by atoms with E-state index in [9.17, 15) is 0 Å². The summed E-state index contributed by atoms with van der Waals surface area (Å²) in [5, 5.41) is 7.93. The smallest absolute Gasteiger partial charge is 0.126 e. The van der Waals surface area contributed by atoms with Crippen molar-refractivity contribution in [1.29, 1.82) is 0 Å². The molecule has 6 nitrogen and oxygen atoms in total. The standard InChI is InChI=1S/C17H17N5O/c18-17-9-16(20-12-2-1-7-23-10-12)13-4-3-11(8-15(13)21-17)14-5-6-19-22-14/h3-6,8-9H,1-2,7,10H2,(H2,18,21)(H,19,22). The van der Waals surface area contributed by atoms with Gasteiger partial charge < -0.3 is 10.5 Å². The molecule has 0 atom stereocenters. The molecule has 1 aromatic carbocycles. The molecule has 2 aromatic heterocycles. The zero-order chi connectivity index (χ0) is 15.6. The molecule has 23 heavy (non-hydrogen) atoms. The normalized spacial score (nSPS) is 17.0. The number of hydrogen-bond donors (Lipinski definition) is 2. The van der Waals surface area contributed by atoms with E-state index in [0.29, 0.717) is 12.4 Å². The first-order valence-electron chi connectivity index (χ1n) is 7.64. The van der Waals surface area contributed by atoms with Crippen molar-refractivity contribution in [3.8, 4) is 11.3 Å². The third-order valence-corrected chi connectivity index (χ3v) is 3.92. The van der Waals surface area contributed by atoms with Gasteiger partial charge in [-0.2, -0.15) is 5.10 Å². The number of nitrogens with one attached hydrogen (secondary N) is 1. The number of ether oxygens (including phenoxy) is 1. The molecule has 0 amide bonds. The number of H-pyrrole nitrogens is 1. The minimum atomic E-state index is 0.468. The Labute approximate surface area is 133 Å². The molecule has 3 aromatic rings. The number of rotatable bonds is 2. The third kappa shape index (κ3) is 2.80. The summed E-state index contributed by atoms with van der Waals surface area (Å²) >= 11 is 0. The van der Waals surface area contributed by atoms with Crippen LogP contribution in [-0.2, 0) is 4.74 Å². The zero-order valence-electron chi connectivity index (χ0n) is 12.6. The fourth-order valence-corrected chi connectivity index (χ4v) is 2.81. The summed E-state index contributed by atoms with van der Waals surface area (Å²) in [6.45, 7) is 1.40. The van der Waals surface area contributed by atoms with Gasteiger partial charge in [-0.05, 0) is 31.0 Å². The Bertz CT molecular complexity index is 862. The maximum atomic E-state index is 5.97. The van der Waals surface area contributed by atoms with Crippen LogP contribution in [0.3, 0.4) is 0 Å². The van der Waals surface area contributed by atoms with Crippen LogP contribution in [0.15, 0.2) is 41.5 Å². The third-order valence-electron chi connectivity index (χ3n) is 3.92. The molecular formula is C17H17N5O. The highest BCUT2D eigenvalue weighted by molar-refractivity contribution is 5.98. The first-order valence-corrected chi connectivity index (χ1v) is 7.64. The molecule has 1 saturated heterocycles. The number of aromatic nitrogens is 3. The van der Waals surface area contributed by atoms with Crippen LogP contribution < -0.4 is 5.73 Å². The summed E-state index contributed by atoms with van der Waals surface area (Å²) in [5.41, 5.74) is 10.7. The van der Waals surface area contributed by atoms with Gasteiger partial charge in [0.1, 0.15) is 5.82 Å². The molecule has 0 aliphatic carbocycles. The Hall–Kier alpha value is -2.73. The Morgan fingerprint density at radius 2 is 2.17 bits per heavy atom. The second kappa shape index (κ2) is 5.81. The van der Waals surface area contributed by atoms with Gasteiger partial charge in [0.25, 0.3) is 0 Å². The molecule has 116 valence electrons. The van der Waals surface area contributed by atoms with Crippen LogP contribution in [0.5, 0.6) is 0 Å². The number of pyridine rings is 1. The molecule has 0 saturated carbocycles. The van der Waals surface area contributed by atoms with Gasteiger partial charge in [-0.3, -0.25) is 10.1 Å².